The number of rotatable bonds is 4. The van der Waals surface area contributed by atoms with Crippen LogP contribution in [0.25, 0.3) is 0 Å². The Balaban J connectivity index is 2.27. The van der Waals surface area contributed by atoms with Gasteiger partial charge in [-0.2, -0.15) is 0 Å². The summed E-state index contributed by atoms with van der Waals surface area (Å²) in [6.07, 6.45) is 0. The van der Waals surface area contributed by atoms with Crippen molar-refractivity contribution in [3.05, 3.63) is 64.7 Å². The molecule has 0 spiro atoms. The fourth-order valence-electron chi connectivity index (χ4n) is 2.08. The van der Waals surface area contributed by atoms with Crippen LogP contribution in [0.5, 0.6) is 0 Å². The molecule has 0 saturated heterocycles. The van der Waals surface area contributed by atoms with E-state index in [1.165, 1.54) is 20.1 Å². The molecule has 0 unspecified atom stereocenters. The first-order valence-electron chi connectivity index (χ1n) is 7.03. The van der Waals surface area contributed by atoms with E-state index in [0.717, 1.165) is 5.56 Å². The minimum atomic E-state index is -0.505. The Labute approximate surface area is 134 Å². The predicted molar refractivity (Wildman–Crippen MR) is 86.9 cm³/mol. The van der Waals surface area contributed by atoms with E-state index in [-0.39, 0.29) is 11.7 Å². The molecule has 5 heteroatoms. The molecule has 2 rings (SSSR count). The smallest absolute Gasteiger partial charge is 0.337 e. The maximum Gasteiger partial charge on any atom is 0.337 e. The average Bonchev–Trinajstić information content (AvgIpc) is 2.55. The number of hydrogen-bond acceptors (Lipinski definition) is 4. The molecule has 0 atom stereocenters. The van der Waals surface area contributed by atoms with E-state index in [0.29, 0.717) is 22.4 Å². The zero-order valence-corrected chi connectivity index (χ0v) is 13.2. The standard InChI is InChI=1S/C18H17NO4/c1-11-7-8-13(12(2)20)10-16(11)19-17(21)14-5-4-6-15(9-14)18(22)23-3/h4-10H,1-3H3,(H,19,21). The van der Waals surface area contributed by atoms with E-state index in [4.69, 9.17) is 0 Å². The van der Waals surface area contributed by atoms with Gasteiger partial charge in [-0.15, -0.1) is 0 Å². The van der Waals surface area contributed by atoms with Gasteiger partial charge in [0.15, 0.2) is 5.78 Å². The highest BCUT2D eigenvalue weighted by Crippen LogP contribution is 2.19. The monoisotopic (exact) mass is 311 g/mol. The average molecular weight is 311 g/mol. The van der Waals surface area contributed by atoms with Crippen molar-refractivity contribution in [2.45, 2.75) is 13.8 Å². The van der Waals surface area contributed by atoms with Crippen LogP contribution in [0.4, 0.5) is 5.69 Å². The summed E-state index contributed by atoms with van der Waals surface area (Å²) in [7, 11) is 1.28. The third kappa shape index (κ3) is 3.83. The van der Waals surface area contributed by atoms with Gasteiger partial charge >= 0.3 is 5.97 Å². The maximum absolute atomic E-state index is 12.4. The summed E-state index contributed by atoms with van der Waals surface area (Å²) in [4.78, 5) is 35.3. The second kappa shape index (κ2) is 6.87. The lowest BCUT2D eigenvalue weighted by Gasteiger charge is -2.10. The normalized spacial score (nSPS) is 10.0. The van der Waals surface area contributed by atoms with Gasteiger partial charge in [-0.25, -0.2) is 4.79 Å². The third-order valence-corrected chi connectivity index (χ3v) is 3.44. The Morgan fingerprint density at radius 2 is 1.65 bits per heavy atom. The lowest BCUT2D eigenvalue weighted by Crippen LogP contribution is -2.14. The molecule has 1 amide bonds. The molecular weight excluding hydrogens is 294 g/mol. The van der Waals surface area contributed by atoms with E-state index in [1.54, 1.807) is 36.4 Å². The Kier molecular flexibility index (Phi) is 4.91. The number of aryl methyl sites for hydroxylation is 1. The molecule has 23 heavy (non-hydrogen) atoms. The van der Waals surface area contributed by atoms with Gasteiger partial charge in [0, 0.05) is 16.8 Å². The van der Waals surface area contributed by atoms with Crippen LogP contribution in [0.3, 0.4) is 0 Å². The topological polar surface area (TPSA) is 72.5 Å². The van der Waals surface area contributed by atoms with E-state index in [2.05, 4.69) is 10.1 Å². The molecule has 0 aliphatic rings. The molecule has 0 saturated carbocycles. The lowest BCUT2D eigenvalue weighted by atomic mass is 10.1. The van der Waals surface area contributed by atoms with Gasteiger partial charge in [0.1, 0.15) is 0 Å². The number of carbonyl (C=O) groups is 3. The van der Waals surface area contributed by atoms with Crippen LogP contribution in [0, 0.1) is 6.92 Å². The summed E-state index contributed by atoms with van der Waals surface area (Å²) in [5, 5.41) is 2.76. The van der Waals surface area contributed by atoms with Crippen LogP contribution in [-0.2, 0) is 4.74 Å². The first-order valence-corrected chi connectivity index (χ1v) is 7.03. The summed E-state index contributed by atoms with van der Waals surface area (Å²) < 4.78 is 4.64. The molecule has 0 bridgehead atoms. The Bertz CT molecular complexity index is 780. The Morgan fingerprint density at radius 1 is 0.957 bits per heavy atom. The van der Waals surface area contributed by atoms with E-state index < -0.39 is 5.97 Å². The van der Waals surface area contributed by atoms with Crippen molar-refractivity contribution >= 4 is 23.3 Å². The van der Waals surface area contributed by atoms with Crippen LogP contribution in [-0.4, -0.2) is 24.8 Å². The second-order valence-corrected chi connectivity index (χ2v) is 5.11. The van der Waals surface area contributed by atoms with Gasteiger partial charge in [-0.3, -0.25) is 9.59 Å². The zero-order chi connectivity index (χ0) is 17.0. The predicted octanol–water partition coefficient (Wildman–Crippen LogP) is 3.24. The first-order chi connectivity index (χ1) is 10.9. The molecule has 2 aromatic rings. The molecule has 0 radical (unpaired) electrons. The molecule has 118 valence electrons. The lowest BCUT2D eigenvalue weighted by molar-refractivity contribution is 0.0600. The van der Waals surface area contributed by atoms with Crippen molar-refractivity contribution < 1.29 is 19.1 Å². The molecule has 0 fully saturated rings. The SMILES string of the molecule is COC(=O)c1cccc(C(=O)Nc2cc(C(C)=O)ccc2C)c1. The fraction of sp³-hybridized carbons (Fsp3) is 0.167. The van der Waals surface area contributed by atoms with Crippen LogP contribution in [0.2, 0.25) is 0 Å². The van der Waals surface area contributed by atoms with Crippen LogP contribution >= 0.6 is 0 Å². The molecule has 5 nitrogen and oxygen atoms in total. The number of benzene rings is 2. The molecule has 0 aliphatic heterocycles. The van der Waals surface area contributed by atoms with E-state index >= 15 is 0 Å². The van der Waals surface area contributed by atoms with Gasteiger partial charge in [-0.1, -0.05) is 18.2 Å². The molecular formula is C18H17NO4. The number of ether oxygens (including phenoxy) is 1. The maximum atomic E-state index is 12.4. The van der Waals surface area contributed by atoms with Crippen LogP contribution in [0.15, 0.2) is 42.5 Å². The minimum absolute atomic E-state index is 0.0758. The molecule has 0 aliphatic carbocycles. The summed E-state index contributed by atoms with van der Waals surface area (Å²) >= 11 is 0. The number of esters is 1. The van der Waals surface area contributed by atoms with Crippen molar-refractivity contribution in [3.63, 3.8) is 0 Å². The fourth-order valence-corrected chi connectivity index (χ4v) is 2.08. The number of Topliss-reactive ketones (excluding diaryl/α,β-unsaturated/α-hetero) is 1. The number of hydrogen-bond donors (Lipinski definition) is 1. The summed E-state index contributed by atoms with van der Waals surface area (Å²) in [5.74, 6) is -0.942. The minimum Gasteiger partial charge on any atom is -0.465 e. The van der Waals surface area contributed by atoms with Gasteiger partial charge in [-0.05, 0) is 43.7 Å². The van der Waals surface area contributed by atoms with Crippen molar-refractivity contribution in [3.8, 4) is 0 Å². The number of methoxy groups -OCH3 is 1. The zero-order valence-electron chi connectivity index (χ0n) is 13.2. The number of carbonyl (C=O) groups excluding carboxylic acids is 3. The third-order valence-electron chi connectivity index (χ3n) is 3.44. The number of ketones is 1. The second-order valence-electron chi connectivity index (χ2n) is 5.11. The molecule has 2 aromatic carbocycles. The van der Waals surface area contributed by atoms with E-state index in [1.807, 2.05) is 6.92 Å². The number of anilines is 1. The van der Waals surface area contributed by atoms with Gasteiger partial charge in [0.05, 0.1) is 12.7 Å². The van der Waals surface area contributed by atoms with Crippen LogP contribution in [0.1, 0.15) is 43.6 Å². The molecule has 0 heterocycles. The van der Waals surface area contributed by atoms with Crippen molar-refractivity contribution in [2.24, 2.45) is 0 Å². The number of amides is 1. The summed E-state index contributed by atoms with van der Waals surface area (Å²) in [6.45, 7) is 3.31. The molecule has 1 N–H and O–H groups in total. The van der Waals surface area contributed by atoms with Gasteiger partial charge < -0.3 is 10.1 Å². The molecule has 0 aromatic heterocycles. The first kappa shape index (κ1) is 16.4. The largest absolute Gasteiger partial charge is 0.465 e. The van der Waals surface area contributed by atoms with Gasteiger partial charge in [0.25, 0.3) is 5.91 Å². The number of nitrogens with one attached hydrogen (secondary N) is 1. The van der Waals surface area contributed by atoms with Crippen molar-refractivity contribution in [1.29, 1.82) is 0 Å². The van der Waals surface area contributed by atoms with Crippen LogP contribution < -0.4 is 5.32 Å². The highest BCUT2D eigenvalue weighted by Gasteiger charge is 2.12. The highest BCUT2D eigenvalue weighted by atomic mass is 16.5. The highest BCUT2D eigenvalue weighted by molar-refractivity contribution is 6.06. The Hall–Kier alpha value is -2.95. The summed E-state index contributed by atoms with van der Waals surface area (Å²) in [6, 6.07) is 11.4. The van der Waals surface area contributed by atoms with Crippen molar-refractivity contribution in [2.75, 3.05) is 12.4 Å². The van der Waals surface area contributed by atoms with Crippen molar-refractivity contribution in [1.82, 2.24) is 0 Å². The van der Waals surface area contributed by atoms with Gasteiger partial charge in [0.2, 0.25) is 0 Å². The summed E-state index contributed by atoms with van der Waals surface area (Å²) in [5.41, 5.74) is 2.56. The quantitative estimate of drug-likeness (QED) is 0.695. The van der Waals surface area contributed by atoms with E-state index in [9.17, 15) is 14.4 Å². The Morgan fingerprint density at radius 3 is 2.30 bits per heavy atom.